The molecule has 176 valence electrons. The van der Waals surface area contributed by atoms with Gasteiger partial charge in [-0.2, -0.15) is 0 Å². The molecular weight excluding hydrogens is 444 g/mol. The Labute approximate surface area is 196 Å². The van der Waals surface area contributed by atoms with Crippen LogP contribution in [0.5, 0.6) is 0 Å². The number of aryl methyl sites for hydroxylation is 1. The second-order valence-electron chi connectivity index (χ2n) is 7.74. The number of esters is 2. The molecule has 0 bridgehead atoms. The van der Waals surface area contributed by atoms with Crippen molar-refractivity contribution >= 4 is 40.8 Å². The molecule has 8 nitrogen and oxygen atoms in total. The Morgan fingerprint density at radius 3 is 2.58 bits per heavy atom. The van der Waals surface area contributed by atoms with E-state index in [9.17, 15) is 19.2 Å². The van der Waals surface area contributed by atoms with Gasteiger partial charge in [0.15, 0.2) is 6.61 Å². The van der Waals surface area contributed by atoms with E-state index in [1.165, 1.54) is 11.3 Å². The lowest BCUT2D eigenvalue weighted by atomic mass is 9.99. The fraction of sp³-hybridized carbons (Fsp3) is 0.417. The topological polar surface area (TPSA) is 102 Å². The quantitative estimate of drug-likeness (QED) is 0.421. The standard InChI is InChI=1S/C24H28N2O6S/c1-3-31-22(29)7-4-12-25-20(27)15-32-24(30)18-14-21(28)26(17-10-8-16(2)9-11-17)23(18)19-6-5-13-33-19/h5-6,8-11,13,18,23H,3-4,7,12,14-15H2,1-2H3,(H,25,27). The minimum Gasteiger partial charge on any atom is -0.466 e. The van der Waals surface area contributed by atoms with E-state index >= 15 is 0 Å². The highest BCUT2D eigenvalue weighted by molar-refractivity contribution is 7.10. The SMILES string of the molecule is CCOC(=O)CCCNC(=O)COC(=O)C1CC(=O)N(c2ccc(C)cc2)C1c1cccs1. The van der Waals surface area contributed by atoms with Crippen LogP contribution in [0.15, 0.2) is 41.8 Å². The summed E-state index contributed by atoms with van der Waals surface area (Å²) < 4.78 is 10.1. The van der Waals surface area contributed by atoms with Crippen molar-refractivity contribution in [2.45, 2.75) is 39.2 Å². The number of ether oxygens (including phenoxy) is 2. The highest BCUT2D eigenvalue weighted by Crippen LogP contribution is 2.43. The molecule has 2 heterocycles. The maximum atomic E-state index is 12.9. The molecule has 3 rings (SSSR count). The summed E-state index contributed by atoms with van der Waals surface area (Å²) in [7, 11) is 0. The zero-order valence-electron chi connectivity index (χ0n) is 18.7. The fourth-order valence-electron chi connectivity index (χ4n) is 3.73. The van der Waals surface area contributed by atoms with E-state index < -0.39 is 30.4 Å². The third-order valence-electron chi connectivity index (χ3n) is 5.30. The summed E-state index contributed by atoms with van der Waals surface area (Å²) in [5.74, 6) is -2.24. The molecule has 9 heteroatoms. The van der Waals surface area contributed by atoms with Crippen LogP contribution < -0.4 is 10.2 Å². The maximum Gasteiger partial charge on any atom is 0.312 e. The number of hydrogen-bond acceptors (Lipinski definition) is 7. The van der Waals surface area contributed by atoms with Gasteiger partial charge in [-0.3, -0.25) is 19.2 Å². The number of amides is 2. The zero-order valence-corrected chi connectivity index (χ0v) is 19.6. The van der Waals surface area contributed by atoms with Crippen LogP contribution in [-0.4, -0.2) is 43.5 Å². The van der Waals surface area contributed by atoms with E-state index in [0.717, 1.165) is 16.1 Å². The molecule has 0 spiro atoms. The molecule has 0 aliphatic carbocycles. The highest BCUT2D eigenvalue weighted by Gasteiger charge is 2.46. The van der Waals surface area contributed by atoms with Crippen LogP contribution in [0.2, 0.25) is 0 Å². The van der Waals surface area contributed by atoms with Gasteiger partial charge < -0.3 is 19.7 Å². The van der Waals surface area contributed by atoms with Crippen molar-refractivity contribution in [1.82, 2.24) is 5.32 Å². The number of nitrogens with zero attached hydrogens (tertiary/aromatic N) is 1. The number of carbonyl (C=O) groups is 4. The molecule has 1 aromatic heterocycles. The van der Waals surface area contributed by atoms with Crippen molar-refractivity contribution in [2.24, 2.45) is 5.92 Å². The average molecular weight is 473 g/mol. The molecular formula is C24H28N2O6S. The molecule has 2 amide bonds. The molecule has 1 aromatic carbocycles. The van der Waals surface area contributed by atoms with Crippen LogP contribution in [0.25, 0.3) is 0 Å². The van der Waals surface area contributed by atoms with E-state index in [-0.39, 0.29) is 31.3 Å². The van der Waals surface area contributed by atoms with E-state index in [4.69, 9.17) is 9.47 Å². The summed E-state index contributed by atoms with van der Waals surface area (Å²) in [5.41, 5.74) is 1.79. The molecule has 2 unspecified atom stereocenters. The number of nitrogens with one attached hydrogen (secondary N) is 1. The Morgan fingerprint density at radius 2 is 1.91 bits per heavy atom. The Bertz CT molecular complexity index is 973. The van der Waals surface area contributed by atoms with Gasteiger partial charge in [0.1, 0.15) is 0 Å². The minimum atomic E-state index is -0.714. The summed E-state index contributed by atoms with van der Waals surface area (Å²) in [5, 5.41) is 4.51. The Hall–Kier alpha value is -3.20. The summed E-state index contributed by atoms with van der Waals surface area (Å²) >= 11 is 1.47. The third-order valence-corrected chi connectivity index (χ3v) is 6.25. The van der Waals surface area contributed by atoms with Crippen molar-refractivity contribution in [2.75, 3.05) is 24.7 Å². The van der Waals surface area contributed by atoms with Crippen LogP contribution >= 0.6 is 11.3 Å². The minimum absolute atomic E-state index is 0.0104. The first-order valence-electron chi connectivity index (χ1n) is 10.9. The van der Waals surface area contributed by atoms with Crippen LogP contribution in [0.1, 0.15) is 42.7 Å². The molecule has 1 aliphatic heterocycles. The molecule has 2 atom stereocenters. The van der Waals surface area contributed by atoms with Gasteiger partial charge in [0, 0.05) is 30.0 Å². The van der Waals surface area contributed by atoms with E-state index in [1.807, 2.05) is 48.7 Å². The number of benzene rings is 1. The first kappa shape index (κ1) is 24.4. The van der Waals surface area contributed by atoms with Gasteiger partial charge in [0.2, 0.25) is 5.91 Å². The molecule has 0 radical (unpaired) electrons. The van der Waals surface area contributed by atoms with E-state index in [1.54, 1.807) is 11.8 Å². The van der Waals surface area contributed by atoms with Crippen LogP contribution in [-0.2, 0) is 28.7 Å². The van der Waals surface area contributed by atoms with E-state index in [0.29, 0.717) is 13.0 Å². The zero-order chi connectivity index (χ0) is 23.8. The van der Waals surface area contributed by atoms with Gasteiger partial charge in [-0.15, -0.1) is 11.3 Å². The number of thiophene rings is 1. The first-order valence-corrected chi connectivity index (χ1v) is 11.8. The lowest BCUT2D eigenvalue weighted by Gasteiger charge is -2.27. The van der Waals surface area contributed by atoms with Gasteiger partial charge >= 0.3 is 11.9 Å². The van der Waals surface area contributed by atoms with Crippen LogP contribution in [0.4, 0.5) is 5.69 Å². The normalized spacial score (nSPS) is 17.6. The molecule has 0 saturated carbocycles. The smallest absolute Gasteiger partial charge is 0.312 e. The third kappa shape index (κ3) is 6.41. The predicted octanol–water partition coefficient (Wildman–Crippen LogP) is 3.15. The van der Waals surface area contributed by atoms with Crippen LogP contribution in [0, 0.1) is 12.8 Å². The maximum absolute atomic E-state index is 12.9. The lowest BCUT2D eigenvalue weighted by molar-refractivity contribution is -0.153. The Morgan fingerprint density at radius 1 is 1.15 bits per heavy atom. The number of carbonyl (C=O) groups excluding carboxylic acids is 4. The van der Waals surface area contributed by atoms with Gasteiger partial charge in [-0.05, 0) is 43.8 Å². The van der Waals surface area contributed by atoms with Crippen molar-refractivity contribution in [3.63, 3.8) is 0 Å². The summed E-state index contributed by atoms with van der Waals surface area (Å²) in [6.07, 6.45) is 0.646. The second-order valence-corrected chi connectivity index (χ2v) is 8.72. The number of hydrogen-bond donors (Lipinski definition) is 1. The van der Waals surface area contributed by atoms with Gasteiger partial charge in [0.05, 0.1) is 18.6 Å². The molecule has 33 heavy (non-hydrogen) atoms. The summed E-state index contributed by atoms with van der Waals surface area (Å²) in [6, 6.07) is 10.9. The van der Waals surface area contributed by atoms with Crippen molar-refractivity contribution in [3.8, 4) is 0 Å². The molecule has 1 saturated heterocycles. The first-order chi connectivity index (χ1) is 15.9. The molecule has 1 N–H and O–H groups in total. The molecule has 1 aliphatic rings. The predicted molar refractivity (Wildman–Crippen MR) is 124 cm³/mol. The van der Waals surface area contributed by atoms with Gasteiger partial charge in [0.25, 0.3) is 5.91 Å². The van der Waals surface area contributed by atoms with Crippen LogP contribution in [0.3, 0.4) is 0 Å². The van der Waals surface area contributed by atoms with E-state index in [2.05, 4.69) is 5.32 Å². The fourth-order valence-corrected chi connectivity index (χ4v) is 4.61. The van der Waals surface area contributed by atoms with Gasteiger partial charge in [-0.1, -0.05) is 23.8 Å². The van der Waals surface area contributed by atoms with Crippen molar-refractivity contribution in [1.29, 1.82) is 0 Å². The number of rotatable bonds is 10. The Kier molecular flexibility index (Phi) is 8.59. The summed E-state index contributed by atoms with van der Waals surface area (Å²) in [6.45, 7) is 3.85. The lowest BCUT2D eigenvalue weighted by Crippen LogP contribution is -2.33. The Balaban J connectivity index is 1.60. The second kappa shape index (κ2) is 11.6. The summed E-state index contributed by atoms with van der Waals surface area (Å²) in [4.78, 5) is 51.7. The largest absolute Gasteiger partial charge is 0.466 e. The van der Waals surface area contributed by atoms with Crippen molar-refractivity contribution < 1.29 is 28.7 Å². The highest BCUT2D eigenvalue weighted by atomic mass is 32.1. The monoisotopic (exact) mass is 472 g/mol. The molecule has 1 fully saturated rings. The van der Waals surface area contributed by atoms with Gasteiger partial charge in [-0.25, -0.2) is 0 Å². The molecule has 2 aromatic rings. The number of anilines is 1. The van der Waals surface area contributed by atoms with Crippen molar-refractivity contribution in [3.05, 3.63) is 52.2 Å². The average Bonchev–Trinajstić information content (AvgIpc) is 3.43.